The summed E-state index contributed by atoms with van der Waals surface area (Å²) in [6.45, 7) is 3.91. The van der Waals surface area contributed by atoms with Crippen molar-refractivity contribution in [3.63, 3.8) is 0 Å². The van der Waals surface area contributed by atoms with Gasteiger partial charge in [-0.1, -0.05) is 29.3 Å². The molecule has 1 heterocycles. The Morgan fingerprint density at radius 2 is 2.09 bits per heavy atom. The topological polar surface area (TPSA) is 66.8 Å². The van der Waals surface area contributed by atoms with Crippen LogP contribution in [0.5, 0.6) is 5.75 Å². The number of piperidine rings is 1. The van der Waals surface area contributed by atoms with Gasteiger partial charge >= 0.3 is 5.97 Å². The highest BCUT2D eigenvalue weighted by Gasteiger charge is 2.37. The fourth-order valence-electron chi connectivity index (χ4n) is 2.83. The molecule has 0 radical (unpaired) electrons. The number of ether oxygens (including phenoxy) is 1. The zero-order valence-corrected chi connectivity index (χ0v) is 14.5. The normalized spacial score (nSPS) is 22.5. The third kappa shape index (κ3) is 3.90. The Balaban J connectivity index is 2.10. The first-order valence-electron chi connectivity index (χ1n) is 7.47. The number of nitrogens with zero attached hydrogens (tertiary/aromatic N) is 1. The van der Waals surface area contributed by atoms with E-state index in [9.17, 15) is 14.7 Å². The summed E-state index contributed by atoms with van der Waals surface area (Å²) in [5.41, 5.74) is 0. The van der Waals surface area contributed by atoms with Crippen LogP contribution in [0.1, 0.15) is 26.7 Å². The van der Waals surface area contributed by atoms with Gasteiger partial charge in [-0.2, -0.15) is 0 Å². The summed E-state index contributed by atoms with van der Waals surface area (Å²) in [5, 5.41) is 9.85. The van der Waals surface area contributed by atoms with E-state index in [4.69, 9.17) is 27.9 Å². The number of carboxylic acid groups (broad SMARTS) is 1. The molecule has 3 atom stereocenters. The van der Waals surface area contributed by atoms with Gasteiger partial charge in [-0.25, -0.2) is 0 Å². The van der Waals surface area contributed by atoms with E-state index in [2.05, 4.69) is 0 Å². The van der Waals surface area contributed by atoms with Gasteiger partial charge in [0.2, 0.25) is 0 Å². The van der Waals surface area contributed by atoms with Crippen molar-refractivity contribution in [2.45, 2.75) is 38.8 Å². The number of benzene rings is 1. The number of halogens is 2. The highest BCUT2D eigenvalue weighted by molar-refractivity contribution is 6.42. The molecule has 0 saturated carbocycles. The van der Waals surface area contributed by atoms with Gasteiger partial charge in [0.1, 0.15) is 10.8 Å². The molecular formula is C16H19Cl2NO4. The molecule has 126 valence electrons. The molecular weight excluding hydrogens is 341 g/mol. The van der Waals surface area contributed by atoms with E-state index in [-0.39, 0.29) is 17.0 Å². The second kappa shape index (κ2) is 7.41. The van der Waals surface area contributed by atoms with Gasteiger partial charge < -0.3 is 14.7 Å². The highest BCUT2D eigenvalue weighted by atomic mass is 35.5. The second-order valence-corrected chi connectivity index (χ2v) is 6.46. The lowest BCUT2D eigenvalue weighted by Gasteiger charge is -2.38. The fourth-order valence-corrected chi connectivity index (χ4v) is 3.17. The average Bonchev–Trinajstić information content (AvgIpc) is 2.51. The minimum Gasteiger partial charge on any atom is -0.481 e. The SMILES string of the molecule is CC(Oc1cccc(Cl)c1Cl)C(=O)N1CCC[C@H](C(=O)O)[C@@H]1C. The van der Waals surface area contributed by atoms with Crippen LogP contribution in [0.3, 0.4) is 0 Å². The van der Waals surface area contributed by atoms with E-state index in [1.165, 1.54) is 0 Å². The van der Waals surface area contributed by atoms with Crippen LogP contribution in [0.25, 0.3) is 0 Å². The minimum atomic E-state index is -0.874. The summed E-state index contributed by atoms with van der Waals surface area (Å²) in [7, 11) is 0. The van der Waals surface area contributed by atoms with Crippen LogP contribution < -0.4 is 4.74 Å². The number of carboxylic acids is 1. The summed E-state index contributed by atoms with van der Waals surface area (Å²) in [4.78, 5) is 25.5. The third-order valence-corrected chi connectivity index (χ3v) is 4.96. The third-order valence-electron chi connectivity index (χ3n) is 4.16. The van der Waals surface area contributed by atoms with E-state index in [1.54, 1.807) is 36.9 Å². The fraction of sp³-hybridized carbons (Fsp3) is 0.500. The zero-order chi connectivity index (χ0) is 17.1. The first kappa shape index (κ1) is 17.9. The van der Waals surface area contributed by atoms with Crippen molar-refractivity contribution in [2.24, 2.45) is 5.92 Å². The number of amides is 1. The van der Waals surface area contributed by atoms with Crippen molar-refractivity contribution >= 4 is 35.1 Å². The van der Waals surface area contributed by atoms with Crippen molar-refractivity contribution < 1.29 is 19.4 Å². The van der Waals surface area contributed by atoms with Gasteiger partial charge in [0.15, 0.2) is 6.10 Å². The lowest BCUT2D eigenvalue weighted by molar-refractivity contribution is -0.151. The molecule has 0 aliphatic carbocycles. The summed E-state index contributed by atoms with van der Waals surface area (Å²) in [5.74, 6) is -1.34. The van der Waals surface area contributed by atoms with Gasteiger partial charge in [0.05, 0.1) is 10.9 Å². The Hall–Kier alpha value is -1.46. The molecule has 1 amide bonds. The smallest absolute Gasteiger partial charge is 0.308 e. The molecule has 1 fully saturated rings. The molecule has 0 bridgehead atoms. The van der Waals surface area contributed by atoms with E-state index >= 15 is 0 Å². The van der Waals surface area contributed by atoms with Crippen LogP contribution in [-0.2, 0) is 9.59 Å². The van der Waals surface area contributed by atoms with Gasteiger partial charge in [0, 0.05) is 12.6 Å². The Morgan fingerprint density at radius 3 is 2.74 bits per heavy atom. The van der Waals surface area contributed by atoms with Gasteiger partial charge in [-0.15, -0.1) is 0 Å². The van der Waals surface area contributed by atoms with Gasteiger partial charge in [0.25, 0.3) is 5.91 Å². The van der Waals surface area contributed by atoms with Crippen molar-refractivity contribution in [3.8, 4) is 5.75 Å². The quantitative estimate of drug-likeness (QED) is 0.893. The molecule has 1 aromatic carbocycles. The average molecular weight is 360 g/mol. The van der Waals surface area contributed by atoms with Crippen molar-refractivity contribution in [1.82, 2.24) is 4.90 Å². The molecule has 1 aromatic rings. The van der Waals surface area contributed by atoms with Crippen LogP contribution in [-0.4, -0.2) is 40.6 Å². The maximum atomic E-state index is 12.6. The van der Waals surface area contributed by atoms with Crippen LogP contribution in [0.15, 0.2) is 18.2 Å². The lowest BCUT2D eigenvalue weighted by Crippen LogP contribution is -2.52. The van der Waals surface area contributed by atoms with Crippen molar-refractivity contribution in [3.05, 3.63) is 28.2 Å². The molecule has 0 aromatic heterocycles. The zero-order valence-electron chi connectivity index (χ0n) is 13.0. The highest BCUT2D eigenvalue weighted by Crippen LogP contribution is 2.32. The Kier molecular flexibility index (Phi) is 5.76. The first-order chi connectivity index (χ1) is 10.8. The second-order valence-electron chi connectivity index (χ2n) is 5.67. The number of likely N-dealkylation sites (tertiary alicyclic amines) is 1. The maximum Gasteiger partial charge on any atom is 0.308 e. The number of aliphatic carboxylic acids is 1. The number of carbonyl (C=O) groups excluding carboxylic acids is 1. The monoisotopic (exact) mass is 359 g/mol. The molecule has 2 rings (SSSR count). The van der Waals surface area contributed by atoms with E-state index in [0.717, 1.165) is 0 Å². The van der Waals surface area contributed by atoms with Crippen LogP contribution in [0.2, 0.25) is 10.0 Å². The number of hydrogen-bond donors (Lipinski definition) is 1. The molecule has 1 saturated heterocycles. The van der Waals surface area contributed by atoms with Crippen LogP contribution >= 0.6 is 23.2 Å². The lowest BCUT2D eigenvalue weighted by atomic mass is 9.90. The van der Waals surface area contributed by atoms with E-state index < -0.39 is 18.0 Å². The number of carbonyl (C=O) groups is 2. The van der Waals surface area contributed by atoms with Gasteiger partial charge in [-0.05, 0) is 38.8 Å². The Labute approximate surface area is 145 Å². The summed E-state index contributed by atoms with van der Waals surface area (Å²) >= 11 is 12.0. The predicted molar refractivity (Wildman–Crippen MR) is 88.1 cm³/mol. The van der Waals surface area contributed by atoms with Crippen LogP contribution in [0.4, 0.5) is 0 Å². The molecule has 1 N–H and O–H groups in total. The van der Waals surface area contributed by atoms with E-state index in [0.29, 0.717) is 30.2 Å². The molecule has 1 aliphatic heterocycles. The summed E-state index contributed by atoms with van der Waals surface area (Å²) < 4.78 is 5.63. The largest absolute Gasteiger partial charge is 0.481 e. The predicted octanol–water partition coefficient (Wildman–Crippen LogP) is 3.47. The van der Waals surface area contributed by atoms with Crippen molar-refractivity contribution in [2.75, 3.05) is 6.54 Å². The standard InChI is InChI=1S/C16H19Cl2NO4/c1-9-11(16(21)22)5-4-8-19(9)15(20)10(2)23-13-7-3-6-12(17)14(13)18/h3,6-7,9-11H,4-5,8H2,1-2H3,(H,21,22)/t9-,10?,11-/m0/s1. The summed E-state index contributed by atoms with van der Waals surface area (Å²) in [6, 6.07) is 4.59. The Bertz CT molecular complexity index is 608. The number of rotatable bonds is 4. The molecule has 1 aliphatic rings. The first-order valence-corrected chi connectivity index (χ1v) is 8.22. The molecule has 5 nitrogen and oxygen atoms in total. The minimum absolute atomic E-state index is 0.250. The van der Waals surface area contributed by atoms with E-state index in [1.807, 2.05) is 0 Å². The molecule has 23 heavy (non-hydrogen) atoms. The van der Waals surface area contributed by atoms with Gasteiger partial charge in [-0.3, -0.25) is 9.59 Å². The molecule has 1 unspecified atom stereocenters. The Morgan fingerprint density at radius 1 is 1.39 bits per heavy atom. The maximum absolute atomic E-state index is 12.6. The van der Waals surface area contributed by atoms with Crippen LogP contribution in [0, 0.1) is 5.92 Å². The van der Waals surface area contributed by atoms with Crippen molar-refractivity contribution in [1.29, 1.82) is 0 Å². The molecule has 0 spiro atoms. The summed E-state index contributed by atoms with van der Waals surface area (Å²) in [6.07, 6.45) is 0.466. The molecule has 7 heteroatoms. The number of hydrogen-bond acceptors (Lipinski definition) is 3.